The first kappa shape index (κ1) is 19.0. The van der Waals surface area contributed by atoms with Crippen LogP contribution in [0.2, 0.25) is 5.02 Å². The first-order chi connectivity index (χ1) is 14.6. The van der Waals surface area contributed by atoms with Crippen LogP contribution in [0.15, 0.2) is 39.9 Å². The van der Waals surface area contributed by atoms with Gasteiger partial charge >= 0.3 is 5.76 Å². The second-order valence-corrected chi connectivity index (χ2v) is 8.47. The van der Waals surface area contributed by atoms with Crippen molar-refractivity contribution in [1.82, 2.24) is 29.7 Å². The maximum absolute atomic E-state index is 11.4. The summed E-state index contributed by atoms with van der Waals surface area (Å²) in [5, 5.41) is 6.65. The Labute approximate surface area is 177 Å². The van der Waals surface area contributed by atoms with E-state index in [-0.39, 0.29) is 11.7 Å². The zero-order valence-electron chi connectivity index (χ0n) is 16.5. The molecule has 0 bridgehead atoms. The van der Waals surface area contributed by atoms with E-state index in [4.69, 9.17) is 16.0 Å². The molecule has 154 valence electrons. The Bertz CT molecular complexity index is 1250. The van der Waals surface area contributed by atoms with E-state index >= 15 is 0 Å². The average Bonchev–Trinajstić information content (AvgIpc) is 3.35. The molecule has 4 heterocycles. The highest BCUT2D eigenvalue weighted by Crippen LogP contribution is 2.33. The summed E-state index contributed by atoms with van der Waals surface area (Å²) in [6.45, 7) is 3.24. The van der Waals surface area contributed by atoms with Crippen molar-refractivity contribution in [2.24, 2.45) is 11.8 Å². The van der Waals surface area contributed by atoms with Crippen LogP contribution in [0.25, 0.3) is 34.0 Å². The van der Waals surface area contributed by atoms with Gasteiger partial charge in [-0.15, -0.1) is 5.10 Å². The number of aromatic amines is 1. The molecule has 0 atom stereocenters. The lowest BCUT2D eigenvalue weighted by atomic mass is 9.83. The van der Waals surface area contributed by atoms with Crippen molar-refractivity contribution in [3.63, 3.8) is 0 Å². The highest BCUT2D eigenvalue weighted by atomic mass is 35.5. The number of nitrogens with one attached hydrogen (secondary N) is 1. The molecule has 0 radical (unpaired) electrons. The SMILES string of the molecule is CC1CCC(Cn2ccc3nc(-c4n[nH]c(=O)o4)nc(-c4cncc(Cl)c4)c32)CC1. The van der Waals surface area contributed by atoms with Gasteiger partial charge in [-0.25, -0.2) is 19.9 Å². The Morgan fingerprint density at radius 2 is 2.07 bits per heavy atom. The van der Waals surface area contributed by atoms with Crippen LogP contribution in [-0.4, -0.2) is 29.7 Å². The number of fused-ring (bicyclic) bond motifs is 1. The Hall–Kier alpha value is -3.00. The molecule has 1 N–H and O–H groups in total. The van der Waals surface area contributed by atoms with Crippen LogP contribution in [0.1, 0.15) is 32.6 Å². The van der Waals surface area contributed by atoms with Gasteiger partial charge in [0, 0.05) is 30.7 Å². The quantitative estimate of drug-likeness (QED) is 0.523. The molecule has 0 saturated heterocycles. The van der Waals surface area contributed by atoms with E-state index in [1.165, 1.54) is 25.7 Å². The molecule has 0 aromatic carbocycles. The van der Waals surface area contributed by atoms with E-state index in [9.17, 15) is 4.79 Å². The lowest BCUT2D eigenvalue weighted by Gasteiger charge is -2.26. The van der Waals surface area contributed by atoms with Crippen LogP contribution < -0.4 is 5.76 Å². The fraction of sp³-hybridized carbons (Fsp3) is 0.381. The highest BCUT2D eigenvalue weighted by Gasteiger charge is 2.22. The average molecular weight is 425 g/mol. The van der Waals surface area contributed by atoms with E-state index in [0.717, 1.165) is 29.1 Å². The van der Waals surface area contributed by atoms with Crippen molar-refractivity contribution in [2.75, 3.05) is 0 Å². The van der Waals surface area contributed by atoms with Gasteiger partial charge in [0.2, 0.25) is 5.82 Å². The zero-order chi connectivity index (χ0) is 20.7. The van der Waals surface area contributed by atoms with E-state index in [0.29, 0.717) is 16.6 Å². The Morgan fingerprint density at radius 1 is 1.23 bits per heavy atom. The molecule has 1 aliphatic carbocycles. The summed E-state index contributed by atoms with van der Waals surface area (Å²) in [4.78, 5) is 24.9. The molecule has 8 nitrogen and oxygen atoms in total. The molecule has 9 heteroatoms. The first-order valence-electron chi connectivity index (χ1n) is 10.1. The van der Waals surface area contributed by atoms with E-state index in [1.807, 2.05) is 18.3 Å². The molecular weight excluding hydrogens is 404 g/mol. The fourth-order valence-electron chi connectivity index (χ4n) is 4.21. The summed E-state index contributed by atoms with van der Waals surface area (Å²) < 4.78 is 7.29. The molecular formula is C21H21ClN6O2. The zero-order valence-corrected chi connectivity index (χ0v) is 17.3. The third-order valence-electron chi connectivity index (χ3n) is 5.81. The van der Waals surface area contributed by atoms with Gasteiger partial charge in [-0.05, 0) is 36.8 Å². The van der Waals surface area contributed by atoms with Crippen molar-refractivity contribution < 1.29 is 4.42 Å². The molecule has 1 aliphatic rings. The topological polar surface area (TPSA) is 102 Å². The molecule has 5 rings (SSSR count). The van der Waals surface area contributed by atoms with Crippen molar-refractivity contribution in [3.8, 4) is 23.0 Å². The Morgan fingerprint density at radius 3 is 2.80 bits per heavy atom. The number of pyridine rings is 1. The normalized spacial score (nSPS) is 19.4. The number of hydrogen-bond donors (Lipinski definition) is 1. The number of hydrogen-bond acceptors (Lipinski definition) is 6. The number of H-pyrrole nitrogens is 1. The van der Waals surface area contributed by atoms with Gasteiger partial charge in [-0.2, -0.15) is 0 Å². The van der Waals surface area contributed by atoms with Gasteiger partial charge in [0.05, 0.1) is 16.1 Å². The smallest absolute Gasteiger partial charge is 0.384 e. The minimum atomic E-state index is -0.649. The van der Waals surface area contributed by atoms with Crippen LogP contribution in [0.5, 0.6) is 0 Å². The molecule has 0 unspecified atom stereocenters. The van der Waals surface area contributed by atoms with Crippen LogP contribution in [0.4, 0.5) is 0 Å². The lowest BCUT2D eigenvalue weighted by molar-refractivity contribution is 0.267. The van der Waals surface area contributed by atoms with E-state index < -0.39 is 5.76 Å². The molecule has 1 saturated carbocycles. The monoisotopic (exact) mass is 424 g/mol. The number of halogens is 1. The Kier molecular flexibility index (Phi) is 4.86. The van der Waals surface area contributed by atoms with Gasteiger partial charge in [0.1, 0.15) is 5.69 Å². The maximum atomic E-state index is 11.4. The lowest BCUT2D eigenvalue weighted by Crippen LogP contribution is -2.17. The van der Waals surface area contributed by atoms with Gasteiger partial charge in [0.15, 0.2) is 0 Å². The fourth-order valence-corrected chi connectivity index (χ4v) is 4.39. The van der Waals surface area contributed by atoms with Crippen molar-refractivity contribution >= 4 is 22.6 Å². The van der Waals surface area contributed by atoms with Crippen molar-refractivity contribution in [3.05, 3.63) is 46.3 Å². The minimum absolute atomic E-state index is 0.0483. The summed E-state index contributed by atoms with van der Waals surface area (Å²) in [7, 11) is 0. The first-order valence-corrected chi connectivity index (χ1v) is 10.5. The molecule has 4 aromatic heterocycles. The summed E-state index contributed by atoms with van der Waals surface area (Å²) in [5.74, 6) is 1.08. The summed E-state index contributed by atoms with van der Waals surface area (Å²) >= 11 is 6.20. The standard InChI is InChI=1S/C21H21ClN6O2/c1-12-2-4-13(5-3-12)11-28-7-6-16-18(28)17(14-8-15(22)10-23-9-14)25-19(24-16)20-26-27-21(29)30-20/h6-10,12-13H,2-5,11H2,1H3,(H,27,29). The molecule has 30 heavy (non-hydrogen) atoms. The second kappa shape index (κ2) is 7.68. The van der Waals surface area contributed by atoms with Crippen molar-refractivity contribution in [2.45, 2.75) is 39.2 Å². The van der Waals surface area contributed by atoms with Gasteiger partial charge in [-0.3, -0.25) is 4.98 Å². The number of rotatable bonds is 4. The third kappa shape index (κ3) is 3.63. The number of aromatic nitrogens is 6. The largest absolute Gasteiger partial charge is 0.434 e. The van der Waals surface area contributed by atoms with Crippen LogP contribution in [0.3, 0.4) is 0 Å². The molecule has 4 aromatic rings. The maximum Gasteiger partial charge on any atom is 0.434 e. The van der Waals surface area contributed by atoms with Gasteiger partial charge in [-0.1, -0.05) is 31.4 Å². The van der Waals surface area contributed by atoms with E-state index in [1.54, 1.807) is 12.4 Å². The van der Waals surface area contributed by atoms with Crippen LogP contribution in [0, 0.1) is 11.8 Å². The van der Waals surface area contributed by atoms with Gasteiger partial charge in [0.25, 0.3) is 5.89 Å². The molecule has 1 fully saturated rings. The molecule has 0 aliphatic heterocycles. The highest BCUT2D eigenvalue weighted by molar-refractivity contribution is 6.30. The molecule has 0 spiro atoms. The second-order valence-electron chi connectivity index (χ2n) is 8.03. The van der Waals surface area contributed by atoms with Crippen molar-refractivity contribution in [1.29, 1.82) is 0 Å². The third-order valence-corrected chi connectivity index (χ3v) is 6.02. The Balaban J connectivity index is 1.64. The molecule has 0 amide bonds. The van der Waals surface area contributed by atoms with E-state index in [2.05, 4.69) is 36.6 Å². The number of nitrogens with zero attached hydrogens (tertiary/aromatic N) is 5. The predicted octanol–water partition coefficient (Wildman–Crippen LogP) is 4.32. The summed E-state index contributed by atoms with van der Waals surface area (Å²) in [5.41, 5.74) is 3.13. The van der Waals surface area contributed by atoms with Crippen LogP contribution >= 0.6 is 11.6 Å². The van der Waals surface area contributed by atoms with Gasteiger partial charge < -0.3 is 8.98 Å². The minimum Gasteiger partial charge on any atom is -0.384 e. The predicted molar refractivity (Wildman–Crippen MR) is 113 cm³/mol. The summed E-state index contributed by atoms with van der Waals surface area (Å²) in [6.07, 6.45) is 10.3. The summed E-state index contributed by atoms with van der Waals surface area (Å²) in [6, 6.07) is 3.78. The van der Waals surface area contributed by atoms with Crippen LogP contribution in [-0.2, 0) is 6.54 Å².